The van der Waals surface area contributed by atoms with E-state index in [1.165, 1.54) is 4.09 Å². The van der Waals surface area contributed by atoms with Gasteiger partial charge in [0.05, 0.1) is 0 Å². The fourth-order valence-corrected chi connectivity index (χ4v) is 0.653. The van der Waals surface area contributed by atoms with Gasteiger partial charge in [0.2, 0.25) is 0 Å². The molecule has 42 valence electrons. The summed E-state index contributed by atoms with van der Waals surface area (Å²) < 4.78 is 1.32. The normalized spacial score (nSPS) is 8.22. The van der Waals surface area contributed by atoms with E-state index in [9.17, 15) is 0 Å². The van der Waals surface area contributed by atoms with Crippen LogP contribution in [0.5, 0.6) is 0 Å². The SMILES string of the molecule is Clc1cccc[n+]1Cl.[K+]. The molecule has 0 bridgehead atoms. The second kappa shape index (κ2) is 5.07. The molecule has 1 rings (SSSR count). The molecule has 1 nitrogen and oxygen atoms in total. The molecule has 0 unspecified atom stereocenters. The molecule has 0 aromatic carbocycles. The van der Waals surface area contributed by atoms with Crippen molar-refractivity contribution in [2.75, 3.05) is 0 Å². The zero-order chi connectivity index (χ0) is 5.98. The van der Waals surface area contributed by atoms with E-state index >= 15 is 0 Å². The summed E-state index contributed by atoms with van der Waals surface area (Å²) in [5.74, 6) is 0. The maximum atomic E-state index is 5.54. The van der Waals surface area contributed by atoms with Crippen LogP contribution in [0, 0.1) is 0 Å². The van der Waals surface area contributed by atoms with Crippen molar-refractivity contribution in [3.05, 3.63) is 29.5 Å². The van der Waals surface area contributed by atoms with Gasteiger partial charge in [-0.2, -0.15) is 0 Å². The average Bonchev–Trinajstić information content (AvgIpc) is 1.77. The maximum absolute atomic E-state index is 5.54. The van der Waals surface area contributed by atoms with E-state index in [0.29, 0.717) is 5.15 Å². The molecule has 1 heterocycles. The number of halogens is 2. The molecule has 0 aliphatic rings. The van der Waals surface area contributed by atoms with E-state index in [1.54, 1.807) is 18.3 Å². The standard InChI is InChI=1S/C5H4Cl2N.K/c6-5-3-1-2-4-8(5)7;/h1-4H;/q2*+1. The molecule has 4 heteroatoms. The van der Waals surface area contributed by atoms with Gasteiger partial charge in [0.1, 0.15) is 0 Å². The van der Waals surface area contributed by atoms with Crippen molar-refractivity contribution >= 4 is 23.4 Å². The smallest absolute Gasteiger partial charge is 0.0719 e. The van der Waals surface area contributed by atoms with Gasteiger partial charge in [0.15, 0.2) is 6.20 Å². The summed E-state index contributed by atoms with van der Waals surface area (Å²) in [5, 5.41) is 0.522. The van der Waals surface area contributed by atoms with Crippen LogP contribution in [0.15, 0.2) is 24.4 Å². The summed E-state index contributed by atoms with van der Waals surface area (Å²) in [6.07, 6.45) is 1.67. The zero-order valence-corrected chi connectivity index (χ0v) is 9.65. The number of rotatable bonds is 0. The van der Waals surface area contributed by atoms with Gasteiger partial charge >= 0.3 is 51.4 Å². The Kier molecular flexibility index (Phi) is 5.85. The summed E-state index contributed by atoms with van der Waals surface area (Å²) in [7, 11) is 0. The second-order valence-corrected chi connectivity index (χ2v) is 2.09. The van der Waals surface area contributed by atoms with Gasteiger partial charge < -0.3 is 0 Å². The minimum Gasteiger partial charge on any atom is -0.0719 e. The third-order valence-corrected chi connectivity index (χ3v) is 1.46. The van der Waals surface area contributed by atoms with Crippen LogP contribution in [-0.4, -0.2) is 0 Å². The Morgan fingerprint density at radius 1 is 1.33 bits per heavy atom. The monoisotopic (exact) mass is 187 g/mol. The van der Waals surface area contributed by atoms with Crippen molar-refractivity contribution in [1.29, 1.82) is 0 Å². The Balaban J connectivity index is 0.000000640. The quantitative estimate of drug-likeness (QED) is 0.349. The first-order valence-electron chi connectivity index (χ1n) is 2.13. The molecule has 0 aliphatic heterocycles. The molecule has 0 N–H and O–H groups in total. The summed E-state index contributed by atoms with van der Waals surface area (Å²) in [5.41, 5.74) is 0. The van der Waals surface area contributed by atoms with Crippen molar-refractivity contribution in [2.24, 2.45) is 0 Å². The third kappa shape index (κ3) is 3.32. The predicted molar refractivity (Wildman–Crippen MR) is 32.9 cm³/mol. The summed E-state index contributed by atoms with van der Waals surface area (Å²) in [4.78, 5) is 0. The Labute approximate surface area is 107 Å². The molecule has 0 atom stereocenters. The molecule has 1 aromatic rings. The Hall–Kier alpha value is 1.37. The van der Waals surface area contributed by atoms with Gasteiger partial charge in [-0.25, -0.2) is 0 Å². The molecule has 0 saturated carbocycles. The van der Waals surface area contributed by atoms with Crippen LogP contribution < -0.4 is 55.5 Å². The van der Waals surface area contributed by atoms with Crippen molar-refractivity contribution in [1.82, 2.24) is 0 Å². The Bertz CT molecular complexity index is 171. The van der Waals surface area contributed by atoms with Crippen molar-refractivity contribution in [3.8, 4) is 0 Å². The first-order chi connectivity index (χ1) is 3.80. The molecule has 1 aromatic heterocycles. The van der Waals surface area contributed by atoms with Crippen LogP contribution in [0.25, 0.3) is 0 Å². The van der Waals surface area contributed by atoms with Gasteiger partial charge in [-0.15, -0.1) is 0 Å². The van der Waals surface area contributed by atoms with Crippen LogP contribution in [0.3, 0.4) is 0 Å². The molecule has 0 radical (unpaired) electrons. The number of aromatic nitrogens is 1. The van der Waals surface area contributed by atoms with Gasteiger partial charge in [-0.05, 0) is 17.7 Å². The van der Waals surface area contributed by atoms with E-state index in [-0.39, 0.29) is 51.4 Å². The Morgan fingerprint density at radius 2 is 2.00 bits per heavy atom. The molecule has 0 amide bonds. The molecule has 0 spiro atoms. The molecule has 0 saturated heterocycles. The van der Waals surface area contributed by atoms with E-state index < -0.39 is 0 Å². The van der Waals surface area contributed by atoms with Gasteiger partial charge in [0.25, 0.3) is 16.9 Å². The number of hydrogen-bond acceptors (Lipinski definition) is 0. The molecular weight excluding hydrogens is 184 g/mol. The van der Waals surface area contributed by atoms with Crippen molar-refractivity contribution in [2.45, 2.75) is 0 Å². The second-order valence-electron chi connectivity index (χ2n) is 1.33. The van der Waals surface area contributed by atoms with E-state index in [0.717, 1.165) is 0 Å². The molecule has 0 aliphatic carbocycles. The number of hydrogen-bond donors (Lipinski definition) is 0. The number of pyridine rings is 1. The topological polar surface area (TPSA) is 3.88 Å². The maximum Gasteiger partial charge on any atom is 1.00 e. The average molecular weight is 188 g/mol. The number of nitrogens with zero attached hydrogens (tertiary/aromatic N) is 1. The van der Waals surface area contributed by atoms with Gasteiger partial charge in [0, 0.05) is 12.1 Å². The fraction of sp³-hybridized carbons (Fsp3) is 0. The summed E-state index contributed by atoms with van der Waals surface area (Å²) >= 11 is 11.0. The van der Waals surface area contributed by atoms with Crippen LogP contribution in [0.2, 0.25) is 5.15 Å². The van der Waals surface area contributed by atoms with Gasteiger partial charge in [-0.1, -0.05) is 4.09 Å². The minimum atomic E-state index is 0. The van der Waals surface area contributed by atoms with Crippen LogP contribution in [-0.2, 0) is 0 Å². The third-order valence-electron chi connectivity index (χ3n) is 0.766. The first-order valence-corrected chi connectivity index (χ1v) is 2.84. The minimum absolute atomic E-state index is 0. The van der Waals surface area contributed by atoms with Crippen molar-refractivity contribution in [3.63, 3.8) is 0 Å². The fourth-order valence-electron chi connectivity index (χ4n) is 0.403. The van der Waals surface area contributed by atoms with Crippen molar-refractivity contribution < 1.29 is 55.5 Å². The molecule has 9 heavy (non-hydrogen) atoms. The zero-order valence-electron chi connectivity index (χ0n) is 5.01. The molecule has 0 fully saturated rings. The van der Waals surface area contributed by atoms with Gasteiger partial charge in [-0.3, -0.25) is 0 Å². The van der Waals surface area contributed by atoms with E-state index in [4.69, 9.17) is 23.4 Å². The molecular formula is C5H4Cl2KN+2. The first kappa shape index (κ1) is 10.4. The van der Waals surface area contributed by atoms with E-state index in [1.807, 2.05) is 6.07 Å². The van der Waals surface area contributed by atoms with Crippen LogP contribution in [0.1, 0.15) is 0 Å². The summed E-state index contributed by atoms with van der Waals surface area (Å²) in [6, 6.07) is 5.34. The largest absolute Gasteiger partial charge is 1.00 e. The summed E-state index contributed by atoms with van der Waals surface area (Å²) in [6.45, 7) is 0. The van der Waals surface area contributed by atoms with Crippen LogP contribution >= 0.6 is 23.4 Å². The van der Waals surface area contributed by atoms with Crippen LogP contribution in [0.4, 0.5) is 0 Å². The predicted octanol–water partition coefficient (Wildman–Crippen LogP) is -1.37. The Morgan fingerprint density at radius 3 is 2.33 bits per heavy atom. The van der Waals surface area contributed by atoms with E-state index in [2.05, 4.69) is 0 Å².